The predicted molar refractivity (Wildman–Crippen MR) is 55.2 cm³/mol. The first kappa shape index (κ1) is 10.6. The lowest BCUT2D eigenvalue weighted by Crippen LogP contribution is -2.49. The standard InChI is InChI=1S/C10H17N3O2/c14-9(7-3-1-5-11-7)13-10(15)8-4-2-6-12-8/h7-8,11-12H,1-6H2,(H,13,14,15)/t7-,8?/m0/s1. The third kappa shape index (κ3) is 2.54. The van der Waals surface area contributed by atoms with Crippen LogP contribution in [0.4, 0.5) is 0 Å². The van der Waals surface area contributed by atoms with E-state index in [1.165, 1.54) is 0 Å². The number of carbonyl (C=O) groups excluding carboxylic acids is 2. The van der Waals surface area contributed by atoms with E-state index < -0.39 is 0 Å². The Labute approximate surface area is 89.0 Å². The number of imide groups is 1. The van der Waals surface area contributed by atoms with Gasteiger partial charge in [0.25, 0.3) is 0 Å². The van der Waals surface area contributed by atoms with Crippen molar-refractivity contribution in [1.82, 2.24) is 16.0 Å². The van der Waals surface area contributed by atoms with Gasteiger partial charge in [0.15, 0.2) is 0 Å². The summed E-state index contributed by atoms with van der Waals surface area (Å²) in [6.07, 6.45) is 3.68. The fourth-order valence-corrected chi connectivity index (χ4v) is 2.11. The van der Waals surface area contributed by atoms with Gasteiger partial charge in [-0.05, 0) is 38.8 Å². The van der Waals surface area contributed by atoms with E-state index >= 15 is 0 Å². The Balaban J connectivity index is 1.79. The van der Waals surface area contributed by atoms with E-state index in [-0.39, 0.29) is 23.9 Å². The van der Waals surface area contributed by atoms with Crippen LogP contribution in [0.3, 0.4) is 0 Å². The molecule has 2 saturated heterocycles. The van der Waals surface area contributed by atoms with Crippen LogP contribution < -0.4 is 16.0 Å². The minimum atomic E-state index is -0.175. The van der Waals surface area contributed by atoms with Crippen molar-refractivity contribution >= 4 is 11.8 Å². The van der Waals surface area contributed by atoms with Gasteiger partial charge in [0.05, 0.1) is 12.1 Å². The van der Waals surface area contributed by atoms with Crippen LogP contribution in [0.5, 0.6) is 0 Å². The maximum Gasteiger partial charge on any atom is 0.243 e. The highest BCUT2D eigenvalue weighted by atomic mass is 16.2. The Morgan fingerprint density at radius 3 is 1.73 bits per heavy atom. The van der Waals surface area contributed by atoms with E-state index in [2.05, 4.69) is 16.0 Å². The number of hydrogen-bond acceptors (Lipinski definition) is 4. The van der Waals surface area contributed by atoms with Gasteiger partial charge in [0.1, 0.15) is 0 Å². The number of amides is 2. The van der Waals surface area contributed by atoms with Gasteiger partial charge in [-0.2, -0.15) is 0 Å². The molecule has 0 saturated carbocycles. The van der Waals surface area contributed by atoms with Crippen LogP contribution >= 0.6 is 0 Å². The first-order chi connectivity index (χ1) is 7.27. The van der Waals surface area contributed by atoms with Crippen molar-refractivity contribution in [2.24, 2.45) is 0 Å². The molecule has 0 aromatic rings. The van der Waals surface area contributed by atoms with Gasteiger partial charge >= 0.3 is 0 Å². The molecule has 0 aromatic carbocycles. The second-order valence-electron chi connectivity index (χ2n) is 4.15. The van der Waals surface area contributed by atoms with Crippen molar-refractivity contribution in [3.63, 3.8) is 0 Å². The molecule has 0 radical (unpaired) electrons. The molecule has 15 heavy (non-hydrogen) atoms. The molecule has 2 heterocycles. The third-order valence-corrected chi connectivity index (χ3v) is 3.00. The molecule has 0 aliphatic carbocycles. The molecule has 5 heteroatoms. The van der Waals surface area contributed by atoms with Crippen molar-refractivity contribution in [2.75, 3.05) is 13.1 Å². The molecule has 2 amide bonds. The molecular formula is C10H17N3O2. The van der Waals surface area contributed by atoms with E-state index in [9.17, 15) is 9.59 Å². The van der Waals surface area contributed by atoms with Crippen LogP contribution in [-0.2, 0) is 9.59 Å². The van der Waals surface area contributed by atoms with Gasteiger partial charge in [-0.25, -0.2) is 0 Å². The molecule has 2 aliphatic heterocycles. The average molecular weight is 211 g/mol. The smallest absolute Gasteiger partial charge is 0.243 e. The van der Waals surface area contributed by atoms with Gasteiger partial charge in [-0.3, -0.25) is 14.9 Å². The van der Waals surface area contributed by atoms with Gasteiger partial charge in [-0.1, -0.05) is 0 Å². The summed E-state index contributed by atoms with van der Waals surface area (Å²) >= 11 is 0. The molecule has 3 N–H and O–H groups in total. The Kier molecular flexibility index (Phi) is 3.33. The number of nitrogens with one attached hydrogen (secondary N) is 3. The largest absolute Gasteiger partial charge is 0.306 e. The minimum Gasteiger partial charge on any atom is -0.306 e. The van der Waals surface area contributed by atoms with E-state index in [4.69, 9.17) is 0 Å². The highest BCUT2D eigenvalue weighted by Crippen LogP contribution is 2.07. The van der Waals surface area contributed by atoms with Gasteiger partial charge in [0, 0.05) is 0 Å². The van der Waals surface area contributed by atoms with Crippen LogP contribution in [0.2, 0.25) is 0 Å². The molecular weight excluding hydrogens is 194 g/mol. The molecule has 5 nitrogen and oxygen atoms in total. The van der Waals surface area contributed by atoms with Crippen LogP contribution in [0.15, 0.2) is 0 Å². The second kappa shape index (κ2) is 4.72. The molecule has 84 valence electrons. The highest BCUT2D eigenvalue weighted by Gasteiger charge is 2.27. The number of hydrogen-bond donors (Lipinski definition) is 3. The summed E-state index contributed by atoms with van der Waals surface area (Å²) in [6.45, 7) is 1.74. The van der Waals surface area contributed by atoms with E-state index in [0.29, 0.717) is 0 Å². The number of rotatable bonds is 2. The van der Waals surface area contributed by atoms with Crippen molar-refractivity contribution < 1.29 is 9.59 Å². The summed E-state index contributed by atoms with van der Waals surface area (Å²) in [6, 6.07) is -0.342. The Hall–Kier alpha value is -0.940. The van der Waals surface area contributed by atoms with Crippen LogP contribution in [0.1, 0.15) is 25.7 Å². The first-order valence-corrected chi connectivity index (χ1v) is 5.59. The van der Waals surface area contributed by atoms with Gasteiger partial charge < -0.3 is 10.6 Å². The van der Waals surface area contributed by atoms with Gasteiger partial charge in [-0.15, -0.1) is 0 Å². The number of carbonyl (C=O) groups is 2. The fraction of sp³-hybridized carbons (Fsp3) is 0.800. The molecule has 2 rings (SSSR count). The Bertz CT molecular complexity index is 229. The van der Waals surface area contributed by atoms with Crippen LogP contribution in [-0.4, -0.2) is 37.0 Å². The van der Waals surface area contributed by atoms with Crippen LogP contribution in [0.25, 0.3) is 0 Å². The molecule has 2 aliphatic rings. The zero-order valence-corrected chi connectivity index (χ0v) is 8.71. The zero-order valence-electron chi connectivity index (χ0n) is 8.71. The maximum atomic E-state index is 11.6. The summed E-state index contributed by atoms with van der Waals surface area (Å²) in [5.74, 6) is -0.350. The summed E-state index contributed by atoms with van der Waals surface area (Å²) < 4.78 is 0. The SMILES string of the molecule is O=C(NC(=O)[C@@H]1CCCN1)C1CCCN1. The summed E-state index contributed by atoms with van der Waals surface area (Å²) in [5.41, 5.74) is 0. The molecule has 0 aromatic heterocycles. The summed E-state index contributed by atoms with van der Waals surface area (Å²) in [4.78, 5) is 23.2. The molecule has 0 spiro atoms. The molecule has 2 fully saturated rings. The molecule has 1 unspecified atom stereocenters. The van der Waals surface area contributed by atoms with Crippen molar-refractivity contribution in [3.8, 4) is 0 Å². The second-order valence-corrected chi connectivity index (χ2v) is 4.15. The van der Waals surface area contributed by atoms with E-state index in [0.717, 1.165) is 38.8 Å². The maximum absolute atomic E-state index is 11.6. The van der Waals surface area contributed by atoms with Gasteiger partial charge in [0.2, 0.25) is 11.8 Å². The van der Waals surface area contributed by atoms with Crippen molar-refractivity contribution in [2.45, 2.75) is 37.8 Å². The van der Waals surface area contributed by atoms with E-state index in [1.807, 2.05) is 0 Å². The van der Waals surface area contributed by atoms with Crippen molar-refractivity contribution in [1.29, 1.82) is 0 Å². The monoisotopic (exact) mass is 211 g/mol. The average Bonchev–Trinajstić information content (AvgIpc) is 2.91. The summed E-state index contributed by atoms with van der Waals surface area (Å²) in [5, 5.41) is 8.60. The molecule has 2 atom stereocenters. The summed E-state index contributed by atoms with van der Waals surface area (Å²) in [7, 11) is 0. The van der Waals surface area contributed by atoms with Crippen molar-refractivity contribution in [3.05, 3.63) is 0 Å². The quantitative estimate of drug-likeness (QED) is 0.519. The predicted octanol–water partition coefficient (Wildman–Crippen LogP) is -0.867. The zero-order chi connectivity index (χ0) is 10.7. The lowest BCUT2D eigenvalue weighted by atomic mass is 10.2. The van der Waals surface area contributed by atoms with E-state index in [1.54, 1.807) is 0 Å². The first-order valence-electron chi connectivity index (χ1n) is 5.59. The Morgan fingerprint density at radius 2 is 1.40 bits per heavy atom. The van der Waals surface area contributed by atoms with Crippen LogP contribution in [0, 0.1) is 0 Å². The topological polar surface area (TPSA) is 70.2 Å². The Morgan fingerprint density at radius 1 is 0.933 bits per heavy atom. The highest BCUT2D eigenvalue weighted by molar-refractivity contribution is 6.00. The minimum absolute atomic E-state index is 0.171. The lowest BCUT2D eigenvalue weighted by molar-refractivity contribution is -0.132. The fourth-order valence-electron chi connectivity index (χ4n) is 2.11. The lowest BCUT2D eigenvalue weighted by Gasteiger charge is -2.13. The normalized spacial score (nSPS) is 30.4. The molecule has 0 bridgehead atoms. The third-order valence-electron chi connectivity index (χ3n) is 3.00.